The molecule has 3 N–H and O–H groups in total. The first-order chi connectivity index (χ1) is 10.4. The summed E-state index contributed by atoms with van der Waals surface area (Å²) in [6.07, 6.45) is 6.46. The summed E-state index contributed by atoms with van der Waals surface area (Å²) < 4.78 is 0. The zero-order valence-electron chi connectivity index (χ0n) is 11.5. The van der Waals surface area contributed by atoms with Gasteiger partial charge in [-0.05, 0) is 43.4 Å². The second kappa shape index (κ2) is 5.05. The van der Waals surface area contributed by atoms with Gasteiger partial charge in [-0.2, -0.15) is 0 Å². The van der Waals surface area contributed by atoms with E-state index in [9.17, 15) is 0 Å². The maximum absolute atomic E-state index is 5.70. The van der Waals surface area contributed by atoms with E-state index in [4.69, 9.17) is 10.8 Å². The van der Waals surface area contributed by atoms with Crippen molar-refractivity contribution in [3.8, 4) is 11.5 Å². The topological polar surface area (TPSA) is 76.7 Å². The molecule has 0 saturated carbocycles. The average Bonchev–Trinajstić information content (AvgIpc) is 2.93. The van der Waals surface area contributed by atoms with Crippen molar-refractivity contribution in [3.63, 3.8) is 0 Å². The number of pyridine rings is 1. The summed E-state index contributed by atoms with van der Waals surface area (Å²) in [7, 11) is 0. The van der Waals surface area contributed by atoms with E-state index in [1.54, 1.807) is 17.5 Å². The van der Waals surface area contributed by atoms with Crippen molar-refractivity contribution in [3.05, 3.63) is 34.8 Å². The summed E-state index contributed by atoms with van der Waals surface area (Å²) in [4.78, 5) is 16.0. The molecule has 1 aliphatic rings. The van der Waals surface area contributed by atoms with Gasteiger partial charge in [0.1, 0.15) is 10.5 Å². The number of aryl methyl sites for hydroxylation is 2. The molecule has 3 aromatic heterocycles. The van der Waals surface area contributed by atoms with Crippen LogP contribution in [0.5, 0.6) is 0 Å². The van der Waals surface area contributed by atoms with Crippen LogP contribution in [0.1, 0.15) is 23.3 Å². The highest BCUT2D eigenvalue weighted by atomic mass is 32.1. The van der Waals surface area contributed by atoms with Gasteiger partial charge in [0.15, 0.2) is 11.6 Å². The van der Waals surface area contributed by atoms with Gasteiger partial charge < -0.3 is 5.43 Å². The maximum atomic E-state index is 5.70. The minimum atomic E-state index is 0.620. The largest absolute Gasteiger partial charge is 0.308 e. The summed E-state index contributed by atoms with van der Waals surface area (Å²) in [5, 5.41) is 1.09. The minimum absolute atomic E-state index is 0.620. The molecule has 0 aliphatic heterocycles. The first-order valence-electron chi connectivity index (χ1n) is 7.07. The van der Waals surface area contributed by atoms with Gasteiger partial charge in [-0.3, -0.25) is 4.98 Å². The lowest BCUT2D eigenvalue weighted by Crippen LogP contribution is -2.11. The zero-order valence-corrected chi connectivity index (χ0v) is 12.3. The highest BCUT2D eigenvalue weighted by Crippen LogP contribution is 2.39. The number of fused-ring (bicyclic) bond motifs is 3. The molecule has 0 saturated heterocycles. The van der Waals surface area contributed by atoms with E-state index in [1.165, 1.54) is 23.3 Å². The fraction of sp³-hybridized carbons (Fsp3) is 0.267. The van der Waals surface area contributed by atoms with Crippen molar-refractivity contribution in [2.24, 2.45) is 5.84 Å². The number of rotatable bonds is 2. The number of anilines is 1. The van der Waals surface area contributed by atoms with E-state index in [2.05, 4.69) is 15.4 Å². The first kappa shape index (κ1) is 12.7. The Hall–Kier alpha value is -2.05. The van der Waals surface area contributed by atoms with E-state index in [1.807, 2.05) is 18.2 Å². The van der Waals surface area contributed by atoms with E-state index in [-0.39, 0.29) is 0 Å². The first-order valence-corrected chi connectivity index (χ1v) is 7.89. The number of hydrogen-bond acceptors (Lipinski definition) is 6. The Morgan fingerprint density at radius 1 is 1.14 bits per heavy atom. The highest BCUT2D eigenvalue weighted by Gasteiger charge is 2.21. The summed E-state index contributed by atoms with van der Waals surface area (Å²) in [6.45, 7) is 0. The number of hydrazine groups is 1. The molecule has 106 valence electrons. The number of nitrogens with zero attached hydrogens (tertiary/aromatic N) is 3. The fourth-order valence-corrected chi connectivity index (χ4v) is 4.13. The number of aromatic nitrogens is 3. The molecule has 0 atom stereocenters. The van der Waals surface area contributed by atoms with E-state index >= 15 is 0 Å². The summed E-state index contributed by atoms with van der Waals surface area (Å²) in [5.74, 6) is 7.03. The van der Waals surface area contributed by atoms with E-state index in [0.29, 0.717) is 11.6 Å². The molecule has 0 unspecified atom stereocenters. The fourth-order valence-electron chi connectivity index (χ4n) is 2.87. The van der Waals surface area contributed by atoms with E-state index in [0.717, 1.165) is 28.8 Å². The van der Waals surface area contributed by atoms with Crippen LogP contribution >= 0.6 is 11.3 Å². The van der Waals surface area contributed by atoms with Crippen molar-refractivity contribution < 1.29 is 0 Å². The third-order valence-electron chi connectivity index (χ3n) is 3.85. The van der Waals surface area contributed by atoms with Gasteiger partial charge >= 0.3 is 0 Å². The summed E-state index contributed by atoms with van der Waals surface area (Å²) in [5.41, 5.74) is 4.89. The smallest absolute Gasteiger partial charge is 0.181 e. The van der Waals surface area contributed by atoms with Crippen molar-refractivity contribution in [1.82, 2.24) is 15.0 Å². The van der Waals surface area contributed by atoms with Gasteiger partial charge in [-0.1, -0.05) is 6.07 Å². The quantitative estimate of drug-likeness (QED) is 0.562. The molecule has 4 rings (SSSR count). The lowest BCUT2D eigenvalue weighted by molar-refractivity contribution is 0.700. The lowest BCUT2D eigenvalue weighted by atomic mass is 9.97. The number of nitrogens with two attached hydrogens (primary N) is 1. The van der Waals surface area contributed by atoms with Gasteiger partial charge in [0, 0.05) is 11.1 Å². The van der Waals surface area contributed by atoms with Gasteiger partial charge in [-0.25, -0.2) is 15.8 Å². The Morgan fingerprint density at radius 2 is 2.05 bits per heavy atom. The van der Waals surface area contributed by atoms with Crippen molar-refractivity contribution >= 4 is 27.4 Å². The van der Waals surface area contributed by atoms with Crippen LogP contribution in [0.15, 0.2) is 24.4 Å². The van der Waals surface area contributed by atoms with Crippen LogP contribution in [0.4, 0.5) is 5.82 Å². The summed E-state index contributed by atoms with van der Waals surface area (Å²) >= 11 is 1.76. The van der Waals surface area contributed by atoms with Gasteiger partial charge in [-0.15, -0.1) is 11.3 Å². The Labute approximate surface area is 126 Å². The SMILES string of the molecule is NNc1nc(-c2ccccn2)nc2sc3c(c12)CCCC3. The molecular weight excluding hydrogens is 282 g/mol. The molecule has 3 heterocycles. The Bertz CT molecular complexity index is 797. The van der Waals surface area contributed by atoms with Crippen LogP contribution in [0, 0.1) is 0 Å². The molecule has 0 amide bonds. The predicted octanol–water partition coefficient (Wildman–Crippen LogP) is 2.92. The number of nitrogen functional groups attached to an aromatic ring is 1. The maximum Gasteiger partial charge on any atom is 0.181 e. The molecule has 0 spiro atoms. The van der Waals surface area contributed by atoms with Crippen molar-refractivity contribution in [2.75, 3.05) is 5.43 Å². The van der Waals surface area contributed by atoms with E-state index < -0.39 is 0 Å². The Morgan fingerprint density at radius 3 is 2.86 bits per heavy atom. The average molecular weight is 297 g/mol. The third kappa shape index (κ3) is 2.07. The van der Waals surface area contributed by atoms with Gasteiger partial charge in [0.05, 0.1) is 5.39 Å². The normalized spacial score (nSPS) is 14.1. The van der Waals surface area contributed by atoms with Gasteiger partial charge in [0.25, 0.3) is 0 Å². The molecule has 0 fully saturated rings. The predicted molar refractivity (Wildman–Crippen MR) is 85.1 cm³/mol. The van der Waals surface area contributed by atoms with Crippen LogP contribution < -0.4 is 11.3 Å². The second-order valence-electron chi connectivity index (χ2n) is 5.15. The van der Waals surface area contributed by atoms with Crippen LogP contribution in [0.25, 0.3) is 21.7 Å². The molecule has 1 aliphatic carbocycles. The van der Waals surface area contributed by atoms with Crippen LogP contribution in [-0.4, -0.2) is 15.0 Å². The molecule has 21 heavy (non-hydrogen) atoms. The Kier molecular flexibility index (Phi) is 3.05. The standard InChI is InChI=1S/C15H15N5S/c16-20-14-12-9-5-1-2-7-11(9)21-15(12)19-13(18-14)10-6-3-4-8-17-10/h3-4,6,8H,1-2,5,7,16H2,(H,18,19,20). The lowest BCUT2D eigenvalue weighted by Gasteiger charge is -2.11. The number of hydrogen-bond donors (Lipinski definition) is 2. The van der Waals surface area contributed by atoms with Crippen LogP contribution in [0.2, 0.25) is 0 Å². The molecule has 0 bridgehead atoms. The zero-order chi connectivity index (χ0) is 14.2. The molecular formula is C15H15N5S. The van der Waals surface area contributed by atoms with Crippen LogP contribution in [-0.2, 0) is 12.8 Å². The molecule has 3 aromatic rings. The summed E-state index contributed by atoms with van der Waals surface area (Å²) in [6, 6.07) is 5.73. The highest BCUT2D eigenvalue weighted by molar-refractivity contribution is 7.19. The Balaban J connectivity index is 1.96. The van der Waals surface area contributed by atoms with Gasteiger partial charge in [0.2, 0.25) is 0 Å². The molecule has 0 radical (unpaired) electrons. The van der Waals surface area contributed by atoms with Crippen molar-refractivity contribution in [1.29, 1.82) is 0 Å². The minimum Gasteiger partial charge on any atom is -0.308 e. The number of nitrogens with one attached hydrogen (secondary N) is 1. The number of thiophene rings is 1. The third-order valence-corrected chi connectivity index (χ3v) is 5.03. The monoisotopic (exact) mass is 297 g/mol. The molecule has 5 nitrogen and oxygen atoms in total. The van der Waals surface area contributed by atoms with Crippen LogP contribution in [0.3, 0.4) is 0 Å². The second-order valence-corrected chi connectivity index (χ2v) is 6.23. The molecule has 6 heteroatoms. The van der Waals surface area contributed by atoms with Crippen molar-refractivity contribution in [2.45, 2.75) is 25.7 Å². The molecule has 0 aromatic carbocycles.